The third-order valence-electron chi connectivity index (χ3n) is 6.04. The lowest BCUT2D eigenvalue weighted by atomic mass is 10.1. The largest absolute Gasteiger partial charge is 0.490 e. The van der Waals surface area contributed by atoms with Crippen molar-refractivity contribution in [1.29, 1.82) is 0 Å². The summed E-state index contributed by atoms with van der Waals surface area (Å²) >= 11 is 3.43. The highest BCUT2D eigenvalue weighted by atomic mass is 79.9. The fourth-order valence-electron chi connectivity index (χ4n) is 4.23. The monoisotopic (exact) mass is 555 g/mol. The Labute approximate surface area is 223 Å². The first-order valence-corrected chi connectivity index (χ1v) is 13.0. The molecule has 0 aliphatic rings. The molecule has 0 unspecified atom stereocenters. The van der Waals surface area contributed by atoms with Crippen LogP contribution >= 0.6 is 15.9 Å². The van der Waals surface area contributed by atoms with Crippen molar-refractivity contribution in [1.82, 2.24) is 9.66 Å². The van der Waals surface area contributed by atoms with E-state index >= 15 is 0 Å². The molecule has 6 nitrogen and oxygen atoms in total. The predicted octanol–water partition coefficient (Wildman–Crippen LogP) is 6.73. The molecule has 5 rings (SSSR count). The van der Waals surface area contributed by atoms with Crippen LogP contribution < -0.4 is 15.0 Å². The third kappa shape index (κ3) is 5.27. The molecule has 1 aromatic heterocycles. The summed E-state index contributed by atoms with van der Waals surface area (Å²) in [6.45, 7) is 4.80. The molecule has 0 N–H and O–H groups in total. The predicted molar refractivity (Wildman–Crippen MR) is 152 cm³/mol. The molecule has 1 heterocycles. The van der Waals surface area contributed by atoms with Gasteiger partial charge in [-0.15, -0.1) is 0 Å². The smallest absolute Gasteiger partial charge is 0.282 e. The van der Waals surface area contributed by atoms with Crippen molar-refractivity contribution in [3.63, 3.8) is 0 Å². The van der Waals surface area contributed by atoms with Crippen molar-refractivity contribution in [2.45, 2.75) is 26.9 Å². The second-order valence-corrected chi connectivity index (χ2v) is 9.39. The van der Waals surface area contributed by atoms with Crippen molar-refractivity contribution < 1.29 is 9.47 Å². The molecule has 0 bridgehead atoms. The Balaban J connectivity index is 1.43. The molecule has 186 valence electrons. The number of aryl methyl sites for hydroxylation is 1. The minimum atomic E-state index is -0.209. The Hall–Kier alpha value is -3.97. The lowest BCUT2D eigenvalue weighted by Gasteiger charge is -2.14. The Morgan fingerprint density at radius 3 is 2.59 bits per heavy atom. The minimum absolute atomic E-state index is 0.209. The Morgan fingerprint density at radius 2 is 1.76 bits per heavy atom. The molecule has 0 amide bonds. The van der Waals surface area contributed by atoms with Crippen molar-refractivity contribution in [3.05, 3.63) is 111 Å². The molecule has 37 heavy (non-hydrogen) atoms. The normalized spacial score (nSPS) is 11.4. The molecule has 5 aromatic rings. The van der Waals surface area contributed by atoms with E-state index in [4.69, 9.17) is 9.47 Å². The molecule has 0 spiro atoms. The molecule has 0 atom stereocenters. The topological polar surface area (TPSA) is 65.7 Å². The van der Waals surface area contributed by atoms with Gasteiger partial charge in [0.15, 0.2) is 11.5 Å². The van der Waals surface area contributed by atoms with Gasteiger partial charge in [0.25, 0.3) is 5.56 Å². The van der Waals surface area contributed by atoms with Crippen LogP contribution in [0.25, 0.3) is 21.7 Å². The van der Waals surface area contributed by atoms with Crippen molar-refractivity contribution in [2.24, 2.45) is 5.10 Å². The van der Waals surface area contributed by atoms with E-state index in [0.717, 1.165) is 15.6 Å². The van der Waals surface area contributed by atoms with Crippen molar-refractivity contribution in [3.8, 4) is 11.5 Å². The zero-order chi connectivity index (χ0) is 25.8. The van der Waals surface area contributed by atoms with Gasteiger partial charge in [0.1, 0.15) is 12.4 Å². The summed E-state index contributed by atoms with van der Waals surface area (Å²) in [4.78, 5) is 17.8. The van der Waals surface area contributed by atoms with Crippen LogP contribution in [0.4, 0.5) is 0 Å². The van der Waals surface area contributed by atoms with E-state index in [-0.39, 0.29) is 5.56 Å². The van der Waals surface area contributed by atoms with Crippen LogP contribution in [-0.2, 0) is 13.0 Å². The molecule has 0 saturated heterocycles. The average Bonchev–Trinajstić information content (AvgIpc) is 2.92. The fraction of sp³-hybridized carbons (Fsp3) is 0.167. The zero-order valence-corrected chi connectivity index (χ0v) is 22.2. The standard InChI is InChI=1S/C30H26BrN3O3/c1-3-29-33-26-14-13-23(31)17-25(26)30(35)34(29)32-18-20-12-15-27(28(16-20)36-4-2)37-19-22-10-7-9-21-8-5-6-11-24(21)22/h5-18H,3-4,19H2,1-2H3. The number of hydrogen-bond acceptors (Lipinski definition) is 5. The number of rotatable bonds is 8. The van der Waals surface area contributed by atoms with Gasteiger partial charge in [-0.3, -0.25) is 4.79 Å². The SMILES string of the molecule is CCOc1cc(C=Nn2c(CC)nc3ccc(Br)cc3c2=O)ccc1OCc1cccc2ccccc12. The first kappa shape index (κ1) is 24.7. The van der Waals surface area contributed by atoms with Crippen LogP contribution in [-0.4, -0.2) is 22.5 Å². The maximum atomic E-state index is 13.2. The zero-order valence-electron chi connectivity index (χ0n) is 20.6. The fourth-order valence-corrected chi connectivity index (χ4v) is 4.59. The lowest BCUT2D eigenvalue weighted by Crippen LogP contribution is -2.22. The van der Waals surface area contributed by atoms with E-state index in [9.17, 15) is 4.79 Å². The van der Waals surface area contributed by atoms with Gasteiger partial charge in [-0.05, 0) is 65.2 Å². The number of hydrogen-bond donors (Lipinski definition) is 0. The van der Waals surface area contributed by atoms with Gasteiger partial charge in [0.05, 0.1) is 23.7 Å². The molecule has 0 aliphatic carbocycles. The van der Waals surface area contributed by atoms with Gasteiger partial charge in [0.2, 0.25) is 0 Å². The highest BCUT2D eigenvalue weighted by Gasteiger charge is 2.11. The minimum Gasteiger partial charge on any atom is -0.490 e. The van der Waals surface area contributed by atoms with Gasteiger partial charge in [-0.2, -0.15) is 9.78 Å². The van der Waals surface area contributed by atoms with Crippen LogP contribution in [0.15, 0.2) is 93.2 Å². The molecule has 4 aromatic carbocycles. The van der Waals surface area contributed by atoms with Gasteiger partial charge >= 0.3 is 0 Å². The molecule has 0 aliphatic heterocycles. The van der Waals surface area contributed by atoms with Crippen molar-refractivity contribution in [2.75, 3.05) is 6.61 Å². The van der Waals surface area contributed by atoms with Crippen LogP contribution in [0.5, 0.6) is 11.5 Å². The van der Waals surface area contributed by atoms with E-state index < -0.39 is 0 Å². The van der Waals surface area contributed by atoms with Crippen LogP contribution in [0.2, 0.25) is 0 Å². The van der Waals surface area contributed by atoms with Gasteiger partial charge in [-0.1, -0.05) is 65.3 Å². The molecule has 0 radical (unpaired) electrons. The molecule has 7 heteroatoms. The van der Waals surface area contributed by atoms with E-state index in [2.05, 4.69) is 50.3 Å². The summed E-state index contributed by atoms with van der Waals surface area (Å²) in [5, 5.41) is 7.35. The van der Waals surface area contributed by atoms with Crippen molar-refractivity contribution >= 4 is 43.8 Å². The highest BCUT2D eigenvalue weighted by Crippen LogP contribution is 2.30. The Morgan fingerprint density at radius 1 is 0.919 bits per heavy atom. The summed E-state index contributed by atoms with van der Waals surface area (Å²) in [5.74, 6) is 1.86. The Kier molecular flexibility index (Phi) is 7.32. The summed E-state index contributed by atoms with van der Waals surface area (Å²) in [6.07, 6.45) is 2.22. The van der Waals surface area contributed by atoms with E-state index in [1.54, 1.807) is 12.3 Å². The maximum absolute atomic E-state index is 13.2. The summed E-state index contributed by atoms with van der Waals surface area (Å²) in [6, 6.07) is 25.6. The molecule has 0 saturated carbocycles. The van der Waals surface area contributed by atoms with E-state index in [1.165, 1.54) is 15.4 Å². The molecular weight excluding hydrogens is 530 g/mol. The second kappa shape index (κ2) is 11.0. The number of aromatic nitrogens is 2. The summed E-state index contributed by atoms with van der Waals surface area (Å²) in [5.41, 5.74) is 2.33. The number of fused-ring (bicyclic) bond motifs is 2. The molecular formula is C30H26BrN3O3. The second-order valence-electron chi connectivity index (χ2n) is 8.47. The van der Waals surface area contributed by atoms with Gasteiger partial charge < -0.3 is 9.47 Å². The van der Waals surface area contributed by atoms with E-state index in [1.807, 2.05) is 62.4 Å². The van der Waals surface area contributed by atoms with Gasteiger partial charge in [0, 0.05) is 10.9 Å². The average molecular weight is 556 g/mol. The highest BCUT2D eigenvalue weighted by molar-refractivity contribution is 9.10. The van der Waals surface area contributed by atoms with Crippen LogP contribution in [0, 0.1) is 0 Å². The first-order chi connectivity index (χ1) is 18.1. The van der Waals surface area contributed by atoms with Crippen LogP contribution in [0.1, 0.15) is 30.8 Å². The number of ether oxygens (including phenoxy) is 2. The molecule has 0 fully saturated rings. The maximum Gasteiger partial charge on any atom is 0.282 e. The Bertz CT molecular complexity index is 1670. The third-order valence-corrected chi connectivity index (χ3v) is 6.54. The number of benzene rings is 4. The number of nitrogens with zero attached hydrogens (tertiary/aromatic N) is 3. The lowest BCUT2D eigenvalue weighted by molar-refractivity contribution is 0.270. The van der Waals surface area contributed by atoms with Crippen LogP contribution in [0.3, 0.4) is 0 Å². The van der Waals surface area contributed by atoms with Gasteiger partial charge in [-0.25, -0.2) is 4.98 Å². The number of halogens is 1. The summed E-state index contributed by atoms with van der Waals surface area (Å²) < 4.78 is 14.2. The van der Waals surface area contributed by atoms with E-state index in [0.29, 0.717) is 47.9 Å². The quantitative estimate of drug-likeness (QED) is 0.199. The first-order valence-electron chi connectivity index (χ1n) is 12.2. The summed E-state index contributed by atoms with van der Waals surface area (Å²) in [7, 11) is 0.